The number of nitrogens with zero attached hydrogens (tertiary/aromatic N) is 3. The first kappa shape index (κ1) is 18.4. The second-order valence-electron chi connectivity index (χ2n) is 8.58. The van der Waals surface area contributed by atoms with Crippen LogP contribution in [0.15, 0.2) is 5.51 Å². The molecule has 1 amide bonds. The Labute approximate surface area is 160 Å². The minimum Gasteiger partial charge on any atom is -0.381 e. The van der Waals surface area contributed by atoms with E-state index in [-0.39, 0.29) is 11.3 Å². The zero-order valence-electron chi connectivity index (χ0n) is 16.1. The monoisotopic (exact) mass is 377 g/mol. The molecule has 0 bridgehead atoms. The molecule has 1 saturated carbocycles. The average Bonchev–Trinajstić information content (AvgIpc) is 3.26. The molecule has 0 N–H and O–H groups in total. The number of aryl methyl sites for hydroxylation is 1. The molecule has 2 aliphatic heterocycles. The summed E-state index contributed by atoms with van der Waals surface area (Å²) < 4.78 is 6.07. The highest BCUT2D eigenvalue weighted by Crippen LogP contribution is 2.45. The molecule has 3 heterocycles. The van der Waals surface area contributed by atoms with Gasteiger partial charge in [0.05, 0.1) is 17.8 Å². The fraction of sp³-hybridized carbons (Fsp3) is 0.800. The molecular formula is C20H31N3O2S. The maximum absolute atomic E-state index is 12.0. The van der Waals surface area contributed by atoms with Crippen molar-refractivity contribution in [3.8, 4) is 0 Å². The van der Waals surface area contributed by atoms with E-state index >= 15 is 0 Å². The summed E-state index contributed by atoms with van der Waals surface area (Å²) in [4.78, 5) is 22.4. The Morgan fingerprint density at radius 1 is 1.35 bits per heavy atom. The van der Waals surface area contributed by atoms with Gasteiger partial charge in [0.15, 0.2) is 0 Å². The molecule has 6 heteroatoms. The van der Waals surface area contributed by atoms with Crippen LogP contribution in [0.1, 0.15) is 43.2 Å². The summed E-state index contributed by atoms with van der Waals surface area (Å²) in [7, 11) is 0. The predicted octanol–water partition coefficient (Wildman–Crippen LogP) is 2.94. The molecule has 1 atom stereocenters. The van der Waals surface area contributed by atoms with Gasteiger partial charge in [-0.05, 0) is 57.0 Å². The van der Waals surface area contributed by atoms with Crippen molar-refractivity contribution >= 4 is 17.2 Å². The van der Waals surface area contributed by atoms with Gasteiger partial charge in [-0.25, -0.2) is 4.98 Å². The maximum Gasteiger partial charge on any atom is 0.219 e. The highest BCUT2D eigenvalue weighted by atomic mass is 32.1. The van der Waals surface area contributed by atoms with Gasteiger partial charge in [-0.1, -0.05) is 0 Å². The van der Waals surface area contributed by atoms with Crippen molar-refractivity contribution in [1.29, 1.82) is 0 Å². The van der Waals surface area contributed by atoms with Crippen molar-refractivity contribution in [2.24, 2.45) is 17.3 Å². The number of thiazole rings is 1. The van der Waals surface area contributed by atoms with E-state index in [1.165, 1.54) is 36.3 Å². The van der Waals surface area contributed by atoms with Crippen LogP contribution in [0.2, 0.25) is 0 Å². The number of aromatic nitrogens is 1. The molecule has 2 saturated heterocycles. The summed E-state index contributed by atoms with van der Waals surface area (Å²) >= 11 is 1.77. The van der Waals surface area contributed by atoms with Gasteiger partial charge in [-0.3, -0.25) is 9.69 Å². The van der Waals surface area contributed by atoms with E-state index in [1.807, 2.05) is 5.51 Å². The fourth-order valence-corrected chi connectivity index (χ4v) is 5.39. The van der Waals surface area contributed by atoms with Crippen LogP contribution in [-0.4, -0.2) is 60.1 Å². The summed E-state index contributed by atoms with van der Waals surface area (Å²) in [5, 5.41) is 0. The van der Waals surface area contributed by atoms with Gasteiger partial charge in [0.1, 0.15) is 0 Å². The van der Waals surface area contributed by atoms with Crippen molar-refractivity contribution in [3.63, 3.8) is 0 Å². The van der Waals surface area contributed by atoms with E-state index < -0.39 is 0 Å². The Hall–Kier alpha value is -0.980. The van der Waals surface area contributed by atoms with Crippen LogP contribution in [0.5, 0.6) is 0 Å². The Kier molecular flexibility index (Phi) is 5.35. The SMILES string of the molecule is CC(=O)N1CC(COCC2CC2)C2(CCN(Cc3scnc3C)CC2)C1. The highest BCUT2D eigenvalue weighted by molar-refractivity contribution is 7.09. The number of hydrogen-bond donors (Lipinski definition) is 0. The Morgan fingerprint density at radius 3 is 2.73 bits per heavy atom. The van der Waals surface area contributed by atoms with Gasteiger partial charge < -0.3 is 9.64 Å². The number of carbonyl (C=O) groups is 1. The lowest BCUT2D eigenvalue weighted by Gasteiger charge is -2.42. The van der Waals surface area contributed by atoms with Crippen molar-refractivity contribution < 1.29 is 9.53 Å². The molecule has 26 heavy (non-hydrogen) atoms. The van der Waals surface area contributed by atoms with E-state index in [9.17, 15) is 4.79 Å². The quantitative estimate of drug-likeness (QED) is 0.765. The first-order valence-electron chi connectivity index (χ1n) is 10.0. The molecular weight excluding hydrogens is 346 g/mol. The Balaban J connectivity index is 1.36. The summed E-state index contributed by atoms with van der Waals surface area (Å²) in [6, 6.07) is 0. The highest BCUT2D eigenvalue weighted by Gasteiger charge is 2.48. The first-order valence-corrected chi connectivity index (χ1v) is 10.9. The van der Waals surface area contributed by atoms with Crippen LogP contribution >= 0.6 is 11.3 Å². The van der Waals surface area contributed by atoms with Crippen molar-refractivity contribution in [2.45, 2.75) is 46.1 Å². The number of amides is 1. The van der Waals surface area contributed by atoms with E-state index in [0.717, 1.165) is 51.9 Å². The molecule has 4 rings (SSSR count). The lowest BCUT2D eigenvalue weighted by atomic mass is 9.71. The Bertz CT molecular complexity index is 635. The first-order chi connectivity index (χ1) is 12.6. The molecule has 1 unspecified atom stereocenters. The largest absolute Gasteiger partial charge is 0.381 e. The number of carbonyl (C=O) groups excluding carboxylic acids is 1. The third-order valence-corrected chi connectivity index (χ3v) is 7.61. The van der Waals surface area contributed by atoms with Gasteiger partial charge in [0.25, 0.3) is 0 Å². The van der Waals surface area contributed by atoms with E-state index in [1.54, 1.807) is 18.3 Å². The van der Waals surface area contributed by atoms with Gasteiger partial charge in [-0.15, -0.1) is 11.3 Å². The topological polar surface area (TPSA) is 45.7 Å². The number of rotatable bonds is 6. The number of ether oxygens (including phenoxy) is 1. The molecule has 3 fully saturated rings. The fourth-order valence-electron chi connectivity index (χ4n) is 4.57. The zero-order chi connectivity index (χ0) is 18.1. The number of piperidine rings is 1. The summed E-state index contributed by atoms with van der Waals surface area (Å²) in [6.45, 7) is 10.6. The van der Waals surface area contributed by atoms with Gasteiger partial charge >= 0.3 is 0 Å². The smallest absolute Gasteiger partial charge is 0.219 e. The van der Waals surface area contributed by atoms with Crippen LogP contribution in [0.4, 0.5) is 0 Å². The molecule has 144 valence electrons. The predicted molar refractivity (Wildman–Crippen MR) is 103 cm³/mol. The van der Waals surface area contributed by atoms with Crippen LogP contribution in [0.25, 0.3) is 0 Å². The van der Waals surface area contributed by atoms with Gasteiger partial charge in [0, 0.05) is 44.0 Å². The molecule has 5 nitrogen and oxygen atoms in total. The lowest BCUT2D eigenvalue weighted by Crippen LogP contribution is -2.45. The number of likely N-dealkylation sites (tertiary alicyclic amines) is 2. The maximum atomic E-state index is 12.0. The second-order valence-corrected chi connectivity index (χ2v) is 9.52. The Morgan fingerprint density at radius 2 is 2.12 bits per heavy atom. The minimum absolute atomic E-state index is 0.219. The van der Waals surface area contributed by atoms with Crippen LogP contribution in [-0.2, 0) is 16.1 Å². The molecule has 1 spiro atoms. The average molecular weight is 378 g/mol. The normalized spacial score (nSPS) is 25.9. The summed E-state index contributed by atoms with van der Waals surface area (Å²) in [6.07, 6.45) is 5.01. The molecule has 1 aliphatic carbocycles. The molecule has 1 aromatic heterocycles. The summed E-state index contributed by atoms with van der Waals surface area (Å²) in [5.74, 6) is 1.52. The van der Waals surface area contributed by atoms with Crippen molar-refractivity contribution in [1.82, 2.24) is 14.8 Å². The second kappa shape index (κ2) is 7.56. The van der Waals surface area contributed by atoms with Crippen LogP contribution in [0, 0.1) is 24.2 Å². The van der Waals surface area contributed by atoms with Crippen molar-refractivity contribution in [3.05, 3.63) is 16.1 Å². The molecule has 0 aromatic carbocycles. The van der Waals surface area contributed by atoms with Crippen LogP contribution < -0.4 is 0 Å². The van der Waals surface area contributed by atoms with Crippen LogP contribution in [0.3, 0.4) is 0 Å². The molecule has 0 radical (unpaired) electrons. The zero-order valence-corrected chi connectivity index (χ0v) is 16.9. The molecule has 1 aromatic rings. The van der Waals surface area contributed by atoms with E-state index in [2.05, 4.69) is 21.7 Å². The molecule has 3 aliphatic rings. The summed E-state index contributed by atoms with van der Waals surface area (Å²) in [5.41, 5.74) is 3.38. The van der Waals surface area contributed by atoms with Gasteiger partial charge in [-0.2, -0.15) is 0 Å². The van der Waals surface area contributed by atoms with Crippen molar-refractivity contribution in [2.75, 3.05) is 39.4 Å². The van der Waals surface area contributed by atoms with Gasteiger partial charge in [0.2, 0.25) is 5.91 Å². The lowest BCUT2D eigenvalue weighted by molar-refractivity contribution is -0.128. The standard InChI is InChI=1S/C20H31N3O2S/c1-15-19(26-14-21-15)10-22-7-5-20(6-8-22)13-23(16(2)24)9-18(20)12-25-11-17-3-4-17/h14,17-18H,3-13H2,1-2H3. The third kappa shape index (κ3) is 3.97. The minimum atomic E-state index is 0.219. The van der Waals surface area contributed by atoms with E-state index in [0.29, 0.717) is 5.92 Å². The number of hydrogen-bond acceptors (Lipinski definition) is 5. The third-order valence-electron chi connectivity index (χ3n) is 6.69. The van der Waals surface area contributed by atoms with E-state index in [4.69, 9.17) is 4.74 Å².